The van der Waals surface area contributed by atoms with E-state index in [1.807, 2.05) is 67.7 Å². The number of nitrogens with one attached hydrogen (secondary N) is 1. The second-order valence-electron chi connectivity index (χ2n) is 8.64. The number of hydrogen-bond donors (Lipinski definition) is 1. The van der Waals surface area contributed by atoms with Gasteiger partial charge in [0.2, 0.25) is 5.91 Å². The predicted molar refractivity (Wildman–Crippen MR) is 144 cm³/mol. The van der Waals surface area contributed by atoms with Crippen LogP contribution in [0.5, 0.6) is 0 Å². The van der Waals surface area contributed by atoms with Crippen molar-refractivity contribution in [1.82, 2.24) is 10.2 Å². The van der Waals surface area contributed by atoms with E-state index in [1.54, 1.807) is 4.90 Å². The highest BCUT2D eigenvalue weighted by atomic mass is 32.2. The van der Waals surface area contributed by atoms with Crippen molar-refractivity contribution in [1.29, 1.82) is 0 Å². The molecule has 0 fully saturated rings. The third-order valence-corrected chi connectivity index (χ3v) is 7.01. The molecule has 0 saturated heterocycles. The van der Waals surface area contributed by atoms with Crippen LogP contribution in [0.2, 0.25) is 0 Å². The minimum atomic E-state index is -0.167. The molecule has 180 valence electrons. The summed E-state index contributed by atoms with van der Waals surface area (Å²) in [4.78, 5) is 31.5. The molecule has 4 rings (SSSR count). The van der Waals surface area contributed by atoms with E-state index in [1.165, 1.54) is 22.9 Å². The molecule has 0 aromatic heterocycles. The maximum absolute atomic E-state index is 13.4. The second-order valence-corrected chi connectivity index (χ2v) is 9.72. The van der Waals surface area contributed by atoms with Crippen LogP contribution in [-0.2, 0) is 22.6 Å². The molecule has 6 heteroatoms. The Balaban J connectivity index is 1.40. The summed E-state index contributed by atoms with van der Waals surface area (Å²) in [7, 11) is 2.03. The third kappa shape index (κ3) is 6.62. The topological polar surface area (TPSA) is 52.7 Å². The van der Waals surface area contributed by atoms with Gasteiger partial charge in [-0.15, -0.1) is 0 Å². The van der Waals surface area contributed by atoms with Crippen molar-refractivity contribution in [3.63, 3.8) is 0 Å². The number of thioether (sulfide) groups is 1. The van der Waals surface area contributed by atoms with E-state index in [2.05, 4.69) is 41.4 Å². The van der Waals surface area contributed by atoms with Gasteiger partial charge in [-0.3, -0.25) is 14.5 Å². The van der Waals surface area contributed by atoms with Crippen molar-refractivity contribution in [3.8, 4) is 0 Å². The summed E-state index contributed by atoms with van der Waals surface area (Å²) >= 11 is 1.45. The Labute approximate surface area is 211 Å². The first-order valence-corrected chi connectivity index (χ1v) is 12.7. The molecule has 1 aliphatic rings. The SMILES string of the molecule is CCc1ccc(C=C2Sc3ccccc3N(CC(=O)NCCN(C)Cc3ccccc3)C2=O)cc1. The van der Waals surface area contributed by atoms with Crippen molar-refractivity contribution < 1.29 is 9.59 Å². The van der Waals surface area contributed by atoms with Crippen molar-refractivity contribution in [2.75, 3.05) is 31.6 Å². The van der Waals surface area contributed by atoms with Crippen LogP contribution in [0.3, 0.4) is 0 Å². The molecule has 0 spiro atoms. The maximum Gasteiger partial charge on any atom is 0.265 e. The molecule has 0 atom stereocenters. The van der Waals surface area contributed by atoms with Crippen LogP contribution in [-0.4, -0.2) is 43.4 Å². The Morgan fingerprint density at radius 2 is 1.69 bits per heavy atom. The average Bonchev–Trinajstić information content (AvgIpc) is 2.87. The lowest BCUT2D eigenvalue weighted by Crippen LogP contribution is -2.44. The van der Waals surface area contributed by atoms with Gasteiger partial charge in [0.05, 0.1) is 10.6 Å². The number of nitrogens with zero attached hydrogens (tertiary/aromatic N) is 2. The first-order valence-electron chi connectivity index (χ1n) is 11.9. The minimum absolute atomic E-state index is 0.00901. The molecule has 0 saturated carbocycles. The molecule has 5 nitrogen and oxygen atoms in total. The Kier molecular flexibility index (Phi) is 8.40. The highest BCUT2D eigenvalue weighted by Gasteiger charge is 2.30. The van der Waals surface area contributed by atoms with Gasteiger partial charge in [0.15, 0.2) is 0 Å². The van der Waals surface area contributed by atoms with Crippen molar-refractivity contribution >= 4 is 35.3 Å². The first kappa shape index (κ1) is 24.8. The predicted octanol–water partition coefficient (Wildman–Crippen LogP) is 4.98. The van der Waals surface area contributed by atoms with E-state index in [0.717, 1.165) is 35.7 Å². The van der Waals surface area contributed by atoms with Crippen LogP contribution in [0, 0.1) is 0 Å². The second kappa shape index (κ2) is 11.9. The van der Waals surface area contributed by atoms with E-state index < -0.39 is 0 Å². The number of likely N-dealkylation sites (N-methyl/N-ethyl adjacent to an activating group) is 1. The van der Waals surface area contributed by atoms with E-state index in [0.29, 0.717) is 11.4 Å². The third-order valence-electron chi connectivity index (χ3n) is 5.93. The van der Waals surface area contributed by atoms with E-state index >= 15 is 0 Å². The van der Waals surface area contributed by atoms with Gasteiger partial charge >= 0.3 is 0 Å². The van der Waals surface area contributed by atoms with E-state index in [4.69, 9.17) is 0 Å². The summed E-state index contributed by atoms with van der Waals surface area (Å²) < 4.78 is 0. The maximum atomic E-state index is 13.4. The quantitative estimate of drug-likeness (QED) is 0.435. The highest BCUT2D eigenvalue weighted by molar-refractivity contribution is 8.04. The summed E-state index contributed by atoms with van der Waals surface area (Å²) in [6, 6.07) is 26.2. The zero-order valence-electron chi connectivity index (χ0n) is 20.2. The Morgan fingerprint density at radius 3 is 2.43 bits per heavy atom. The summed E-state index contributed by atoms with van der Waals surface area (Å²) in [6.07, 6.45) is 2.88. The molecule has 0 bridgehead atoms. The van der Waals surface area contributed by atoms with E-state index in [-0.39, 0.29) is 18.4 Å². The summed E-state index contributed by atoms with van der Waals surface area (Å²) in [6.45, 7) is 4.17. The number of amides is 2. The van der Waals surface area contributed by atoms with Gasteiger partial charge in [-0.25, -0.2) is 0 Å². The largest absolute Gasteiger partial charge is 0.353 e. The highest BCUT2D eigenvalue weighted by Crippen LogP contribution is 2.41. The standard InChI is InChI=1S/C29H31N3O2S/c1-3-22-13-15-23(16-14-22)19-27-29(34)32(25-11-7-8-12-26(25)35-27)21-28(33)30-17-18-31(2)20-24-9-5-4-6-10-24/h4-16,19H,3,17-18,20-21H2,1-2H3,(H,30,33). The molecule has 2 amide bonds. The van der Waals surface area contributed by atoms with Crippen LogP contribution in [0.4, 0.5) is 5.69 Å². The van der Waals surface area contributed by atoms with Crippen molar-refractivity contribution in [2.45, 2.75) is 24.8 Å². The van der Waals surface area contributed by atoms with Gasteiger partial charge in [-0.1, -0.05) is 85.4 Å². The number of para-hydroxylation sites is 1. The molecule has 0 unspecified atom stereocenters. The van der Waals surface area contributed by atoms with Gasteiger partial charge in [0.1, 0.15) is 6.54 Å². The number of hydrogen-bond acceptors (Lipinski definition) is 4. The number of rotatable bonds is 9. The van der Waals surface area contributed by atoms with Crippen LogP contribution in [0.1, 0.15) is 23.6 Å². The van der Waals surface area contributed by atoms with Gasteiger partial charge in [-0.2, -0.15) is 0 Å². The first-order chi connectivity index (χ1) is 17.0. The summed E-state index contributed by atoms with van der Waals surface area (Å²) in [5.74, 6) is -0.315. The fraction of sp³-hybridized carbons (Fsp3) is 0.241. The van der Waals surface area contributed by atoms with Crippen molar-refractivity contribution in [2.24, 2.45) is 0 Å². The Bertz CT molecular complexity index is 1190. The number of fused-ring (bicyclic) bond motifs is 1. The molecule has 35 heavy (non-hydrogen) atoms. The smallest absolute Gasteiger partial charge is 0.265 e. The number of carbonyl (C=O) groups excluding carboxylic acids is 2. The molecule has 1 aliphatic heterocycles. The monoisotopic (exact) mass is 485 g/mol. The molecule has 0 aliphatic carbocycles. The van der Waals surface area contributed by atoms with Crippen LogP contribution < -0.4 is 10.2 Å². The number of benzene rings is 3. The van der Waals surface area contributed by atoms with Crippen molar-refractivity contribution in [3.05, 3.63) is 100 Å². The lowest BCUT2D eigenvalue weighted by molar-refractivity contribution is -0.122. The van der Waals surface area contributed by atoms with E-state index in [9.17, 15) is 9.59 Å². The molecule has 3 aromatic carbocycles. The molecule has 1 N–H and O–H groups in total. The Morgan fingerprint density at radius 1 is 0.971 bits per heavy atom. The number of carbonyl (C=O) groups is 2. The lowest BCUT2D eigenvalue weighted by Gasteiger charge is -2.30. The number of aryl methyl sites for hydroxylation is 1. The fourth-order valence-corrected chi connectivity index (χ4v) is 5.04. The Hall–Kier alpha value is -3.35. The zero-order valence-corrected chi connectivity index (χ0v) is 21.1. The van der Waals surface area contributed by atoms with Crippen LogP contribution >= 0.6 is 11.8 Å². The molecule has 1 heterocycles. The average molecular weight is 486 g/mol. The van der Waals surface area contributed by atoms with Gasteiger partial charge < -0.3 is 10.2 Å². The molecular formula is C29H31N3O2S. The molecule has 0 radical (unpaired) electrons. The van der Waals surface area contributed by atoms with Gasteiger partial charge in [-0.05, 0) is 48.4 Å². The van der Waals surface area contributed by atoms with Gasteiger partial charge in [0.25, 0.3) is 5.91 Å². The van der Waals surface area contributed by atoms with Crippen LogP contribution in [0.25, 0.3) is 6.08 Å². The lowest BCUT2D eigenvalue weighted by atomic mass is 10.1. The summed E-state index contributed by atoms with van der Waals surface area (Å²) in [5, 5.41) is 2.97. The van der Waals surface area contributed by atoms with Crippen LogP contribution in [0.15, 0.2) is 88.7 Å². The number of anilines is 1. The summed E-state index contributed by atoms with van der Waals surface area (Å²) in [5.41, 5.74) is 4.24. The normalized spacial score (nSPS) is 14.3. The zero-order chi connectivity index (χ0) is 24.6. The fourth-order valence-electron chi connectivity index (χ4n) is 3.98. The molecular weight excluding hydrogens is 454 g/mol. The molecule has 3 aromatic rings. The van der Waals surface area contributed by atoms with Gasteiger partial charge in [0, 0.05) is 24.5 Å². The minimum Gasteiger partial charge on any atom is -0.353 e.